The highest BCUT2D eigenvalue weighted by atomic mass is 19.4. The Morgan fingerprint density at radius 2 is 1.36 bits per heavy atom. The van der Waals surface area contributed by atoms with E-state index in [-0.39, 0.29) is 55.2 Å². The molecule has 188 valence electrons. The minimum absolute atomic E-state index is 0.0255. The van der Waals surface area contributed by atoms with Gasteiger partial charge in [-0.15, -0.1) is 0 Å². The van der Waals surface area contributed by atoms with E-state index in [0.29, 0.717) is 0 Å². The van der Waals surface area contributed by atoms with Crippen LogP contribution < -0.4 is 10.6 Å². The van der Waals surface area contributed by atoms with Crippen LogP contribution in [-0.4, -0.2) is 33.1 Å². The summed E-state index contributed by atoms with van der Waals surface area (Å²) >= 11 is 0. The predicted molar refractivity (Wildman–Crippen MR) is 114 cm³/mol. The highest BCUT2D eigenvalue weighted by Gasteiger charge is 2.37. The van der Waals surface area contributed by atoms with Gasteiger partial charge in [-0.3, -0.25) is 0 Å². The number of rotatable bonds is 5. The molecular weight excluding hydrogens is 492 g/mol. The van der Waals surface area contributed by atoms with Gasteiger partial charge in [0, 0.05) is 31.7 Å². The van der Waals surface area contributed by atoms with E-state index >= 15 is 0 Å². The van der Waals surface area contributed by atoms with Gasteiger partial charge in [0.25, 0.3) is 0 Å². The van der Waals surface area contributed by atoms with Crippen LogP contribution in [0.1, 0.15) is 29.7 Å². The maximum absolute atomic E-state index is 13.1. The van der Waals surface area contributed by atoms with E-state index in [1.807, 2.05) is 0 Å². The first-order valence-corrected chi connectivity index (χ1v) is 10.5. The number of hydrogen-bond acceptors (Lipinski definition) is 8. The van der Waals surface area contributed by atoms with Crippen molar-refractivity contribution in [3.63, 3.8) is 0 Å². The lowest BCUT2D eigenvalue weighted by Crippen LogP contribution is -2.33. The third-order valence-electron chi connectivity index (χ3n) is 5.45. The zero-order valence-corrected chi connectivity index (χ0v) is 18.3. The molecule has 0 aliphatic carbocycles. The van der Waals surface area contributed by atoms with Crippen molar-refractivity contribution in [2.45, 2.75) is 30.6 Å². The second-order valence-corrected chi connectivity index (χ2v) is 7.87. The third-order valence-corrected chi connectivity index (χ3v) is 5.45. The summed E-state index contributed by atoms with van der Waals surface area (Å²) in [6, 6.07) is 6.74. The van der Waals surface area contributed by atoms with E-state index in [1.54, 1.807) is 0 Å². The van der Waals surface area contributed by atoms with Gasteiger partial charge in [-0.25, -0.2) is 15.0 Å². The molecule has 0 amide bonds. The molecule has 1 aliphatic heterocycles. The van der Waals surface area contributed by atoms with Crippen molar-refractivity contribution in [2.24, 2.45) is 0 Å². The van der Waals surface area contributed by atoms with Crippen LogP contribution in [-0.2, 0) is 22.5 Å². The standard InChI is InChI=1S/C22H17F6N7O/c23-21(24,25)13-1-5-30-16(9-13)33-18-11-15(20(12-29)3-7-36-8-4-20)32-19(35-18)34-17-10-14(2-6-31-17)22(26,27)28/h1-2,5-6,9-11H,3-4,7-8H2,(H2,30,31,32,33,34,35). The number of ether oxygens (including phenoxy) is 1. The quantitative estimate of drug-likeness (QED) is 0.443. The molecule has 1 saturated heterocycles. The molecule has 1 aliphatic rings. The summed E-state index contributed by atoms with van der Waals surface area (Å²) in [6.07, 6.45) is -6.74. The van der Waals surface area contributed by atoms with Gasteiger partial charge in [0.1, 0.15) is 22.9 Å². The van der Waals surface area contributed by atoms with E-state index in [4.69, 9.17) is 4.74 Å². The molecule has 4 rings (SSSR count). The average molecular weight is 509 g/mol. The fraction of sp³-hybridized carbons (Fsp3) is 0.318. The van der Waals surface area contributed by atoms with Crippen LogP contribution in [0.25, 0.3) is 0 Å². The topological polar surface area (TPSA) is 109 Å². The SMILES string of the molecule is N#CC1(c2cc(Nc3cc(C(F)(F)F)ccn3)nc(Nc3cc(C(F)(F)F)ccn3)n2)CCOCC1. The van der Waals surface area contributed by atoms with Crippen LogP contribution in [0.4, 0.5) is 49.7 Å². The lowest BCUT2D eigenvalue weighted by atomic mass is 9.78. The smallest absolute Gasteiger partial charge is 0.381 e. The van der Waals surface area contributed by atoms with Gasteiger partial charge in [0.2, 0.25) is 5.95 Å². The first-order valence-electron chi connectivity index (χ1n) is 10.5. The Morgan fingerprint density at radius 3 is 1.89 bits per heavy atom. The number of nitrogens with zero attached hydrogens (tertiary/aromatic N) is 5. The zero-order valence-electron chi connectivity index (χ0n) is 18.3. The third kappa shape index (κ3) is 5.62. The lowest BCUT2D eigenvalue weighted by Gasteiger charge is -2.30. The van der Waals surface area contributed by atoms with Crippen molar-refractivity contribution >= 4 is 23.4 Å². The molecule has 0 bridgehead atoms. The van der Waals surface area contributed by atoms with Crippen molar-refractivity contribution in [3.8, 4) is 6.07 Å². The molecule has 0 radical (unpaired) electrons. The fourth-order valence-electron chi connectivity index (χ4n) is 3.55. The Kier molecular flexibility index (Phi) is 6.68. The second kappa shape index (κ2) is 9.57. The van der Waals surface area contributed by atoms with E-state index in [9.17, 15) is 31.6 Å². The van der Waals surface area contributed by atoms with Gasteiger partial charge in [0.15, 0.2) is 0 Å². The van der Waals surface area contributed by atoms with Crippen LogP contribution in [0.3, 0.4) is 0 Å². The highest BCUT2D eigenvalue weighted by molar-refractivity contribution is 5.58. The second-order valence-electron chi connectivity index (χ2n) is 7.87. The van der Waals surface area contributed by atoms with Gasteiger partial charge in [-0.2, -0.15) is 36.6 Å². The van der Waals surface area contributed by atoms with Crippen molar-refractivity contribution in [2.75, 3.05) is 23.8 Å². The Labute approximate surface area is 200 Å². The van der Waals surface area contributed by atoms with Gasteiger partial charge in [-0.1, -0.05) is 0 Å². The number of aromatic nitrogens is 4. The number of halogens is 6. The molecule has 36 heavy (non-hydrogen) atoms. The largest absolute Gasteiger partial charge is 0.416 e. The molecule has 1 fully saturated rings. The first-order chi connectivity index (χ1) is 17.0. The lowest BCUT2D eigenvalue weighted by molar-refractivity contribution is -0.138. The van der Waals surface area contributed by atoms with Crippen LogP contribution in [0.15, 0.2) is 42.7 Å². The number of anilines is 4. The van der Waals surface area contributed by atoms with Crippen molar-refractivity contribution in [1.29, 1.82) is 5.26 Å². The molecule has 14 heteroatoms. The summed E-state index contributed by atoms with van der Waals surface area (Å²) in [5.74, 6) is -0.643. The van der Waals surface area contributed by atoms with Crippen molar-refractivity contribution in [3.05, 3.63) is 59.5 Å². The normalized spacial score (nSPS) is 15.7. The minimum Gasteiger partial charge on any atom is -0.381 e. The Morgan fingerprint density at radius 1 is 0.806 bits per heavy atom. The monoisotopic (exact) mass is 509 g/mol. The van der Waals surface area contributed by atoms with Gasteiger partial charge in [0.05, 0.1) is 22.9 Å². The number of alkyl halides is 6. The van der Waals surface area contributed by atoms with Gasteiger partial charge < -0.3 is 15.4 Å². The Bertz CT molecular complexity index is 1210. The summed E-state index contributed by atoms with van der Waals surface area (Å²) < 4.78 is 84.0. The van der Waals surface area contributed by atoms with Crippen molar-refractivity contribution in [1.82, 2.24) is 19.9 Å². The van der Waals surface area contributed by atoms with E-state index in [0.717, 1.165) is 36.7 Å². The molecule has 8 nitrogen and oxygen atoms in total. The van der Waals surface area contributed by atoms with Gasteiger partial charge >= 0.3 is 12.4 Å². The van der Waals surface area contributed by atoms with E-state index in [2.05, 4.69) is 36.6 Å². The molecule has 3 aromatic rings. The molecule has 0 atom stereocenters. The fourth-order valence-corrected chi connectivity index (χ4v) is 3.55. The van der Waals surface area contributed by atoms with E-state index < -0.39 is 28.9 Å². The predicted octanol–water partition coefficient (Wildman–Crippen LogP) is 5.36. The summed E-state index contributed by atoms with van der Waals surface area (Å²) in [7, 11) is 0. The molecule has 0 unspecified atom stereocenters. The number of pyridine rings is 2. The van der Waals surface area contributed by atoms with Crippen LogP contribution in [0.2, 0.25) is 0 Å². The Hall–Kier alpha value is -3.99. The summed E-state index contributed by atoms with van der Waals surface area (Å²) in [5, 5.41) is 15.2. The van der Waals surface area contributed by atoms with Crippen molar-refractivity contribution < 1.29 is 31.1 Å². The highest BCUT2D eigenvalue weighted by Crippen LogP contribution is 2.36. The molecule has 0 saturated carbocycles. The number of hydrogen-bond donors (Lipinski definition) is 2. The zero-order chi connectivity index (χ0) is 26.0. The van der Waals surface area contributed by atoms with E-state index in [1.165, 1.54) is 6.07 Å². The molecule has 2 N–H and O–H groups in total. The molecule has 4 heterocycles. The molecule has 0 spiro atoms. The van der Waals surface area contributed by atoms with Crippen LogP contribution >= 0.6 is 0 Å². The molecular formula is C22H17F6N7O. The van der Waals surface area contributed by atoms with Crippen LogP contribution in [0, 0.1) is 11.3 Å². The summed E-state index contributed by atoms with van der Waals surface area (Å²) in [6.45, 7) is 0.543. The minimum atomic E-state index is -4.61. The summed E-state index contributed by atoms with van der Waals surface area (Å²) in [4.78, 5) is 16.2. The maximum atomic E-state index is 13.1. The molecule has 0 aromatic carbocycles. The maximum Gasteiger partial charge on any atom is 0.416 e. The number of nitrogens with one attached hydrogen (secondary N) is 2. The Balaban J connectivity index is 1.74. The first kappa shape index (κ1) is 25.1. The van der Waals surface area contributed by atoms with Crippen LogP contribution in [0.5, 0.6) is 0 Å². The van der Waals surface area contributed by atoms with Gasteiger partial charge in [-0.05, 0) is 37.1 Å². The summed E-state index contributed by atoms with van der Waals surface area (Å²) in [5.41, 5.74) is -2.79. The number of nitriles is 1. The average Bonchev–Trinajstić information content (AvgIpc) is 2.83. The molecule has 3 aromatic heterocycles.